The quantitative estimate of drug-likeness (QED) is 0.574. The molecule has 6 nitrogen and oxygen atoms in total. The molecule has 0 atom stereocenters. The number of aryl methyl sites for hydroxylation is 1. The lowest BCUT2D eigenvalue weighted by atomic mass is 10.3. The molecular weight excluding hydrogens is 302 g/mol. The van der Waals surface area contributed by atoms with Crippen LogP contribution in [0.1, 0.15) is 6.42 Å². The maximum absolute atomic E-state index is 12.0. The molecule has 3 heterocycles. The monoisotopic (exact) mass is 319 g/mol. The largest absolute Gasteiger partial charge is 0.370 e. The third-order valence-corrected chi connectivity index (χ3v) is 3.98. The molecule has 0 radical (unpaired) electrons. The summed E-state index contributed by atoms with van der Waals surface area (Å²) in [6.45, 7) is 1.60. The Hall–Kier alpha value is -3.15. The van der Waals surface area contributed by atoms with Crippen LogP contribution in [-0.4, -0.2) is 25.5 Å². The maximum atomic E-state index is 12.0. The zero-order valence-corrected chi connectivity index (χ0v) is 13.1. The number of aromatic nitrogens is 4. The molecule has 120 valence electrons. The Kier molecular flexibility index (Phi) is 3.70. The highest BCUT2D eigenvalue weighted by Crippen LogP contribution is 2.12. The molecule has 0 fully saturated rings. The summed E-state index contributed by atoms with van der Waals surface area (Å²) < 4.78 is 3.67. The van der Waals surface area contributed by atoms with Crippen molar-refractivity contribution in [3.05, 3.63) is 71.4 Å². The summed E-state index contributed by atoms with van der Waals surface area (Å²) in [5.74, 6) is 0.613. The summed E-state index contributed by atoms with van der Waals surface area (Å²) >= 11 is 0. The van der Waals surface area contributed by atoms with E-state index in [-0.39, 0.29) is 5.56 Å². The summed E-state index contributed by atoms with van der Waals surface area (Å²) in [5.41, 5.74) is 2.71. The van der Waals surface area contributed by atoms with E-state index in [1.54, 1.807) is 6.20 Å². The molecular formula is C18H17N5O. The van der Waals surface area contributed by atoms with Crippen LogP contribution in [0, 0.1) is 0 Å². The van der Waals surface area contributed by atoms with Gasteiger partial charge in [-0.3, -0.25) is 9.20 Å². The summed E-state index contributed by atoms with van der Waals surface area (Å²) in [4.78, 5) is 20.9. The predicted octanol–water partition coefficient (Wildman–Crippen LogP) is 2.55. The van der Waals surface area contributed by atoms with E-state index in [1.807, 2.05) is 42.7 Å². The van der Waals surface area contributed by atoms with Crippen molar-refractivity contribution in [1.82, 2.24) is 18.9 Å². The first kappa shape index (κ1) is 14.4. The number of hydrogen-bond donors (Lipinski definition) is 1. The average Bonchev–Trinajstić information content (AvgIpc) is 3.02. The highest BCUT2D eigenvalue weighted by atomic mass is 16.1. The Morgan fingerprint density at radius 1 is 1.08 bits per heavy atom. The summed E-state index contributed by atoms with van der Waals surface area (Å²) in [7, 11) is 0. The molecule has 0 unspecified atom stereocenters. The summed E-state index contributed by atoms with van der Waals surface area (Å²) in [6, 6.07) is 15.1. The van der Waals surface area contributed by atoms with Gasteiger partial charge in [-0.05, 0) is 30.7 Å². The minimum atomic E-state index is -0.0799. The Morgan fingerprint density at radius 2 is 1.96 bits per heavy atom. The molecule has 1 N–H and O–H groups in total. The van der Waals surface area contributed by atoms with E-state index in [0.717, 1.165) is 30.5 Å². The first-order valence-corrected chi connectivity index (χ1v) is 7.93. The third kappa shape index (κ3) is 2.74. The van der Waals surface area contributed by atoms with Gasteiger partial charge in [-0.2, -0.15) is 0 Å². The minimum Gasteiger partial charge on any atom is -0.370 e. The van der Waals surface area contributed by atoms with Gasteiger partial charge in [0.25, 0.3) is 5.56 Å². The van der Waals surface area contributed by atoms with E-state index in [0.29, 0.717) is 11.5 Å². The van der Waals surface area contributed by atoms with Crippen LogP contribution in [0.15, 0.2) is 65.8 Å². The predicted molar refractivity (Wildman–Crippen MR) is 94.3 cm³/mol. The van der Waals surface area contributed by atoms with Crippen LogP contribution in [0.25, 0.3) is 16.7 Å². The molecule has 4 aromatic rings. The number of hydrogen-bond acceptors (Lipinski definition) is 4. The Morgan fingerprint density at radius 3 is 2.92 bits per heavy atom. The van der Waals surface area contributed by atoms with Crippen molar-refractivity contribution in [3.63, 3.8) is 0 Å². The second-order valence-electron chi connectivity index (χ2n) is 5.62. The summed E-state index contributed by atoms with van der Waals surface area (Å²) in [6.07, 6.45) is 4.50. The first-order valence-electron chi connectivity index (χ1n) is 7.93. The van der Waals surface area contributed by atoms with Crippen molar-refractivity contribution < 1.29 is 0 Å². The molecule has 0 aliphatic heterocycles. The lowest BCUT2D eigenvalue weighted by Gasteiger charge is -2.08. The molecule has 1 aromatic carbocycles. The zero-order valence-electron chi connectivity index (χ0n) is 13.1. The van der Waals surface area contributed by atoms with Crippen molar-refractivity contribution in [2.45, 2.75) is 13.0 Å². The van der Waals surface area contributed by atoms with Crippen LogP contribution in [0.3, 0.4) is 0 Å². The Labute approximate surface area is 138 Å². The summed E-state index contributed by atoms with van der Waals surface area (Å²) in [5, 5.41) is 3.23. The second kappa shape index (κ2) is 6.16. The molecule has 0 amide bonds. The van der Waals surface area contributed by atoms with Crippen molar-refractivity contribution >= 4 is 22.5 Å². The number of anilines is 1. The topological polar surface area (TPSA) is 64.2 Å². The van der Waals surface area contributed by atoms with Gasteiger partial charge in [0.05, 0.1) is 17.4 Å². The lowest BCUT2D eigenvalue weighted by molar-refractivity contribution is 0.676. The zero-order chi connectivity index (χ0) is 16.4. The minimum absolute atomic E-state index is 0.0799. The molecule has 0 saturated carbocycles. The van der Waals surface area contributed by atoms with Crippen molar-refractivity contribution in [2.24, 2.45) is 0 Å². The van der Waals surface area contributed by atoms with E-state index in [4.69, 9.17) is 0 Å². The number of benzene rings is 1. The van der Waals surface area contributed by atoms with Crippen molar-refractivity contribution in [1.29, 1.82) is 0 Å². The highest BCUT2D eigenvalue weighted by Gasteiger charge is 2.03. The molecule has 0 saturated heterocycles. The van der Waals surface area contributed by atoms with Crippen LogP contribution in [0.4, 0.5) is 5.82 Å². The SMILES string of the molecule is O=c1cc(NCCCn2cnc3ccccc32)nc2ccccn12. The molecule has 0 bridgehead atoms. The molecule has 0 aliphatic carbocycles. The van der Waals surface area contributed by atoms with E-state index in [9.17, 15) is 4.79 Å². The maximum Gasteiger partial charge on any atom is 0.259 e. The van der Waals surface area contributed by atoms with Crippen LogP contribution in [-0.2, 0) is 6.54 Å². The smallest absolute Gasteiger partial charge is 0.259 e. The van der Waals surface area contributed by atoms with Crippen molar-refractivity contribution in [2.75, 3.05) is 11.9 Å². The molecule has 6 heteroatoms. The van der Waals surface area contributed by atoms with Gasteiger partial charge in [0.1, 0.15) is 11.5 Å². The number of rotatable bonds is 5. The molecule has 4 rings (SSSR count). The molecule has 0 aliphatic rings. The fraction of sp³-hybridized carbons (Fsp3) is 0.167. The van der Waals surface area contributed by atoms with Gasteiger partial charge >= 0.3 is 0 Å². The fourth-order valence-electron chi connectivity index (χ4n) is 2.80. The fourth-order valence-corrected chi connectivity index (χ4v) is 2.80. The first-order chi connectivity index (χ1) is 11.8. The van der Waals surface area contributed by atoms with Gasteiger partial charge in [0.15, 0.2) is 0 Å². The van der Waals surface area contributed by atoms with E-state index >= 15 is 0 Å². The number of nitrogens with zero attached hydrogens (tertiary/aromatic N) is 4. The Balaban J connectivity index is 1.42. The molecule has 24 heavy (non-hydrogen) atoms. The second-order valence-corrected chi connectivity index (χ2v) is 5.62. The van der Waals surface area contributed by atoms with Gasteiger partial charge in [-0.15, -0.1) is 0 Å². The Bertz CT molecular complexity index is 1050. The lowest BCUT2D eigenvalue weighted by Crippen LogP contribution is -2.16. The molecule has 0 spiro atoms. The number of pyridine rings is 1. The number of imidazole rings is 1. The number of nitrogens with one attached hydrogen (secondary N) is 1. The van der Waals surface area contributed by atoms with Gasteiger partial charge in [0, 0.05) is 25.4 Å². The van der Waals surface area contributed by atoms with Crippen molar-refractivity contribution in [3.8, 4) is 0 Å². The van der Waals surface area contributed by atoms with Crippen LogP contribution in [0.5, 0.6) is 0 Å². The van der Waals surface area contributed by atoms with E-state index in [2.05, 4.69) is 25.9 Å². The van der Waals surface area contributed by atoms with Crippen LogP contribution < -0.4 is 10.9 Å². The number of para-hydroxylation sites is 2. The van der Waals surface area contributed by atoms with E-state index < -0.39 is 0 Å². The third-order valence-electron chi connectivity index (χ3n) is 3.98. The normalized spacial score (nSPS) is 11.2. The van der Waals surface area contributed by atoms with Gasteiger partial charge < -0.3 is 9.88 Å². The van der Waals surface area contributed by atoms with Crippen LogP contribution in [0.2, 0.25) is 0 Å². The number of fused-ring (bicyclic) bond motifs is 2. The van der Waals surface area contributed by atoms with Gasteiger partial charge in [0.2, 0.25) is 0 Å². The van der Waals surface area contributed by atoms with Gasteiger partial charge in [-0.25, -0.2) is 9.97 Å². The standard InChI is InChI=1S/C18H17N5O/c24-18-12-16(21-17-8-3-4-11-23(17)18)19-9-5-10-22-13-20-14-6-1-2-7-15(14)22/h1-4,6-8,11-13,19H,5,9-10H2. The molecule has 3 aromatic heterocycles. The van der Waals surface area contributed by atoms with E-state index in [1.165, 1.54) is 10.5 Å². The average molecular weight is 319 g/mol. The highest BCUT2D eigenvalue weighted by molar-refractivity contribution is 5.74. The van der Waals surface area contributed by atoms with Gasteiger partial charge in [-0.1, -0.05) is 18.2 Å². The van der Waals surface area contributed by atoms with Crippen LogP contribution >= 0.6 is 0 Å².